The number of aliphatic hydroxyl groups is 2. The van der Waals surface area contributed by atoms with Gasteiger partial charge in [0, 0.05) is 0 Å². The molecule has 0 bridgehead atoms. The average molecular weight is 429 g/mol. The molecule has 0 aliphatic carbocycles. The van der Waals surface area contributed by atoms with Crippen LogP contribution in [0.4, 0.5) is 0 Å². The van der Waals surface area contributed by atoms with Crippen molar-refractivity contribution in [2.45, 2.75) is 117 Å². The first-order valence-electron chi connectivity index (χ1n) is 11.8. The minimum atomic E-state index is -1.12. The van der Waals surface area contributed by atoms with Crippen molar-refractivity contribution in [2.75, 3.05) is 0 Å². The van der Waals surface area contributed by atoms with Gasteiger partial charge in [-0.05, 0) is 38.5 Å². The second-order valence-corrected chi connectivity index (χ2v) is 9.83. The minimum absolute atomic E-state index is 0.468. The monoisotopic (exact) mass is 428 g/mol. The van der Waals surface area contributed by atoms with Crippen LogP contribution in [0.3, 0.4) is 0 Å². The van der Waals surface area contributed by atoms with Crippen molar-refractivity contribution < 1.29 is 29.3 Å². The Hall–Kier alpha value is -1.14. The van der Waals surface area contributed by atoms with Gasteiger partial charge in [0.25, 0.3) is 0 Å². The average Bonchev–Trinajstić information content (AvgIpc) is 2.65. The van der Waals surface area contributed by atoms with Crippen LogP contribution in [0.5, 0.6) is 0 Å². The van der Waals surface area contributed by atoms with Crippen molar-refractivity contribution in [3.8, 4) is 0 Å². The molecule has 0 aromatic heterocycles. The first-order chi connectivity index (χ1) is 14.0. The fraction of sp³-hybridized carbons (Fsp3) is 0.917. The van der Waals surface area contributed by atoms with Crippen LogP contribution < -0.4 is 0 Å². The Bertz CT molecular complexity index is 472. The molecule has 0 aromatic rings. The van der Waals surface area contributed by atoms with Crippen molar-refractivity contribution >= 4 is 11.9 Å². The number of unbranched alkanes of at least 4 members (excludes halogenated alkanes) is 2. The molecule has 1 saturated heterocycles. The van der Waals surface area contributed by atoms with E-state index in [0.717, 1.165) is 38.5 Å². The Balaban J connectivity index is 2.84. The van der Waals surface area contributed by atoms with E-state index in [-0.39, 0.29) is 0 Å². The molecule has 6 nitrogen and oxygen atoms in total. The highest BCUT2D eigenvalue weighted by atomic mass is 16.6. The van der Waals surface area contributed by atoms with Gasteiger partial charge in [-0.2, -0.15) is 0 Å². The summed E-state index contributed by atoms with van der Waals surface area (Å²) in [5.41, 5.74) is 0. The topological polar surface area (TPSA) is 93.1 Å². The molecule has 176 valence electrons. The molecule has 6 heteroatoms. The Morgan fingerprint density at radius 3 is 1.33 bits per heavy atom. The van der Waals surface area contributed by atoms with Crippen molar-refractivity contribution in [3.63, 3.8) is 0 Å². The third kappa shape index (κ3) is 8.93. The summed E-state index contributed by atoms with van der Waals surface area (Å²) in [5.74, 6) is -1.42. The van der Waals surface area contributed by atoms with Gasteiger partial charge in [0.05, 0.1) is 11.8 Å². The highest BCUT2D eigenvalue weighted by Crippen LogP contribution is 2.27. The molecule has 1 aliphatic rings. The zero-order chi connectivity index (χ0) is 22.8. The largest absolute Gasteiger partial charge is 0.460 e. The molecule has 1 fully saturated rings. The summed E-state index contributed by atoms with van der Waals surface area (Å²) >= 11 is 0. The quantitative estimate of drug-likeness (QED) is 0.399. The summed E-state index contributed by atoms with van der Waals surface area (Å²) in [6.07, 6.45) is 2.61. The number of cyclic esters (lactones) is 2. The Morgan fingerprint density at radius 1 is 0.700 bits per heavy atom. The number of carbonyl (C=O) groups excluding carboxylic acids is 2. The third-order valence-corrected chi connectivity index (χ3v) is 6.09. The number of carbonyl (C=O) groups is 2. The third-order valence-electron chi connectivity index (χ3n) is 6.09. The Labute approximate surface area is 182 Å². The molecular formula is C24H44O6. The van der Waals surface area contributed by atoms with Crippen LogP contribution in [0, 0.1) is 23.7 Å². The summed E-state index contributed by atoms with van der Waals surface area (Å²) in [5, 5.41) is 21.5. The lowest BCUT2D eigenvalue weighted by Crippen LogP contribution is -2.47. The summed E-state index contributed by atoms with van der Waals surface area (Å²) in [7, 11) is 0. The second kappa shape index (κ2) is 13.3. The van der Waals surface area contributed by atoms with Gasteiger partial charge in [0.1, 0.15) is 24.4 Å². The number of hydrogen-bond donors (Lipinski definition) is 2. The summed E-state index contributed by atoms with van der Waals surface area (Å²) in [4.78, 5) is 25.5. The van der Waals surface area contributed by atoms with E-state index in [1.54, 1.807) is 13.8 Å². The van der Waals surface area contributed by atoms with Gasteiger partial charge in [-0.1, -0.05) is 66.2 Å². The van der Waals surface area contributed by atoms with Gasteiger partial charge in [-0.25, -0.2) is 0 Å². The van der Waals surface area contributed by atoms with Crippen LogP contribution >= 0.6 is 0 Å². The molecule has 30 heavy (non-hydrogen) atoms. The van der Waals surface area contributed by atoms with Crippen LogP contribution in [0.25, 0.3) is 0 Å². The van der Waals surface area contributed by atoms with Crippen molar-refractivity contribution in [1.82, 2.24) is 0 Å². The Morgan fingerprint density at radius 2 is 1.03 bits per heavy atom. The lowest BCUT2D eigenvalue weighted by molar-refractivity contribution is -0.186. The number of rotatable bonds is 10. The summed E-state index contributed by atoms with van der Waals surface area (Å²) in [6, 6.07) is 0. The van der Waals surface area contributed by atoms with Crippen LogP contribution in [0.15, 0.2) is 0 Å². The van der Waals surface area contributed by atoms with E-state index < -0.39 is 48.2 Å². The predicted octanol–water partition coefficient (Wildman–Crippen LogP) is 4.25. The van der Waals surface area contributed by atoms with Crippen LogP contribution in [-0.4, -0.2) is 46.6 Å². The molecule has 0 spiro atoms. The van der Waals surface area contributed by atoms with Crippen LogP contribution in [0.2, 0.25) is 0 Å². The van der Waals surface area contributed by atoms with Crippen molar-refractivity contribution in [3.05, 3.63) is 0 Å². The fourth-order valence-corrected chi connectivity index (χ4v) is 4.02. The molecule has 1 rings (SSSR count). The van der Waals surface area contributed by atoms with Crippen LogP contribution in [0.1, 0.15) is 92.9 Å². The van der Waals surface area contributed by atoms with Crippen LogP contribution in [-0.2, 0) is 19.1 Å². The van der Waals surface area contributed by atoms with E-state index in [2.05, 4.69) is 27.7 Å². The van der Waals surface area contributed by atoms with Gasteiger partial charge >= 0.3 is 11.9 Å². The van der Waals surface area contributed by atoms with E-state index in [1.807, 2.05) is 0 Å². The minimum Gasteiger partial charge on any atom is -0.460 e. The first kappa shape index (κ1) is 26.9. The van der Waals surface area contributed by atoms with Gasteiger partial charge in [0.15, 0.2) is 0 Å². The molecular weight excluding hydrogens is 384 g/mol. The highest BCUT2D eigenvalue weighted by Gasteiger charge is 2.41. The van der Waals surface area contributed by atoms with Crippen molar-refractivity contribution in [1.29, 1.82) is 0 Å². The van der Waals surface area contributed by atoms with Crippen molar-refractivity contribution in [2.24, 2.45) is 23.7 Å². The zero-order valence-corrected chi connectivity index (χ0v) is 19.8. The summed E-state index contributed by atoms with van der Waals surface area (Å²) < 4.78 is 11.0. The van der Waals surface area contributed by atoms with E-state index in [1.165, 1.54) is 0 Å². The maximum Gasteiger partial charge on any atom is 0.312 e. The van der Waals surface area contributed by atoms with Gasteiger partial charge < -0.3 is 19.7 Å². The van der Waals surface area contributed by atoms with E-state index >= 15 is 0 Å². The number of ether oxygens (including phenoxy) is 2. The molecule has 0 amide bonds. The molecule has 2 N–H and O–H groups in total. The highest BCUT2D eigenvalue weighted by molar-refractivity contribution is 5.76. The molecule has 6 unspecified atom stereocenters. The Kier molecular flexibility index (Phi) is 11.9. The maximum atomic E-state index is 12.8. The molecule has 1 heterocycles. The first-order valence-corrected chi connectivity index (χ1v) is 11.8. The van der Waals surface area contributed by atoms with Gasteiger partial charge in [0.2, 0.25) is 0 Å². The smallest absolute Gasteiger partial charge is 0.312 e. The molecule has 0 radical (unpaired) electrons. The van der Waals surface area contributed by atoms with E-state index in [4.69, 9.17) is 9.47 Å². The number of esters is 2. The molecule has 1 aliphatic heterocycles. The molecule has 0 aromatic carbocycles. The lowest BCUT2D eigenvalue weighted by Gasteiger charge is -2.33. The standard InChI is InChI=1S/C24H44O6/c1-15(2)11-7-9-13-19-21(25)17(5)30-24(28)20(14-10-8-12-16(3)4)22(26)18(6)29-23(19)27/h15-22,25-26H,7-14H2,1-6H3. The van der Waals surface area contributed by atoms with E-state index in [9.17, 15) is 19.8 Å². The summed E-state index contributed by atoms with van der Waals surface area (Å²) in [6.45, 7) is 11.8. The zero-order valence-electron chi connectivity index (χ0n) is 19.8. The normalized spacial score (nSPS) is 31.0. The predicted molar refractivity (Wildman–Crippen MR) is 117 cm³/mol. The number of hydrogen-bond acceptors (Lipinski definition) is 6. The van der Waals surface area contributed by atoms with E-state index in [0.29, 0.717) is 24.7 Å². The number of aliphatic hydroxyl groups excluding tert-OH is 2. The second-order valence-electron chi connectivity index (χ2n) is 9.83. The fourth-order valence-electron chi connectivity index (χ4n) is 4.02. The van der Waals surface area contributed by atoms with Gasteiger partial charge in [-0.3, -0.25) is 9.59 Å². The molecule has 6 atom stereocenters. The maximum absolute atomic E-state index is 12.8. The SMILES string of the molecule is CC(C)CCCCC1C(=O)OC(C)C(O)C(CCCCC(C)C)C(=O)OC(C)C1O. The molecule has 0 saturated carbocycles. The van der Waals surface area contributed by atoms with Gasteiger partial charge in [-0.15, -0.1) is 0 Å². The lowest BCUT2D eigenvalue weighted by atomic mass is 9.89.